The van der Waals surface area contributed by atoms with E-state index in [9.17, 15) is 9.18 Å². The Bertz CT molecular complexity index is 1260. The van der Waals surface area contributed by atoms with Crippen LogP contribution < -0.4 is 5.32 Å². The summed E-state index contributed by atoms with van der Waals surface area (Å²) in [5.41, 5.74) is 3.10. The molecule has 0 atom stereocenters. The van der Waals surface area contributed by atoms with Gasteiger partial charge in [-0.3, -0.25) is 9.48 Å². The summed E-state index contributed by atoms with van der Waals surface area (Å²) in [6, 6.07) is 13.9. The van der Waals surface area contributed by atoms with Gasteiger partial charge in [0.25, 0.3) is 0 Å². The fraction of sp³-hybridized carbons (Fsp3) is 0.182. The summed E-state index contributed by atoms with van der Waals surface area (Å²) in [5, 5.41) is 16.6. The molecule has 7 nitrogen and oxygen atoms in total. The molecule has 0 aliphatic heterocycles. The van der Waals surface area contributed by atoms with Crippen LogP contribution in [0.1, 0.15) is 6.92 Å². The van der Waals surface area contributed by atoms with Gasteiger partial charge in [-0.1, -0.05) is 53.7 Å². The average molecular weight is 471 g/mol. The molecule has 0 radical (unpaired) electrons. The van der Waals surface area contributed by atoms with Gasteiger partial charge in [-0.15, -0.1) is 10.2 Å². The minimum atomic E-state index is -0.534. The SMILES string of the molecule is CCn1c(SCC(=O)Nc2ccc(F)c(Cl)c2)nnc1-c1cn(C)nc1-c1ccccc1. The van der Waals surface area contributed by atoms with Gasteiger partial charge >= 0.3 is 0 Å². The third kappa shape index (κ3) is 4.68. The molecule has 4 rings (SSSR count). The predicted octanol–water partition coefficient (Wildman–Crippen LogP) is 4.89. The number of anilines is 1. The zero-order chi connectivity index (χ0) is 22.7. The Hall–Kier alpha value is -3.17. The van der Waals surface area contributed by atoms with Crippen molar-refractivity contribution < 1.29 is 9.18 Å². The molecule has 0 bridgehead atoms. The number of nitrogens with one attached hydrogen (secondary N) is 1. The van der Waals surface area contributed by atoms with Crippen LogP contribution in [-0.2, 0) is 18.4 Å². The molecule has 0 fully saturated rings. The summed E-state index contributed by atoms with van der Waals surface area (Å²) in [6.07, 6.45) is 1.91. The quantitative estimate of drug-likeness (QED) is 0.389. The number of thioether (sulfide) groups is 1. The smallest absolute Gasteiger partial charge is 0.234 e. The van der Waals surface area contributed by atoms with Crippen LogP contribution in [0.3, 0.4) is 0 Å². The van der Waals surface area contributed by atoms with E-state index in [1.807, 2.05) is 55.1 Å². The molecule has 0 saturated heterocycles. The maximum Gasteiger partial charge on any atom is 0.234 e. The standard InChI is InChI=1S/C22H20ClFN6OS/c1-3-30-21(16-12-29(2)28-20(16)14-7-5-4-6-8-14)26-27-22(30)32-13-19(31)25-15-9-10-18(24)17(23)11-15/h4-12H,3,13H2,1-2H3,(H,25,31). The number of hydrogen-bond donors (Lipinski definition) is 1. The van der Waals surface area contributed by atoms with Gasteiger partial charge in [0, 0.05) is 31.0 Å². The molecule has 10 heteroatoms. The zero-order valence-electron chi connectivity index (χ0n) is 17.4. The van der Waals surface area contributed by atoms with E-state index in [0.717, 1.165) is 16.8 Å². The van der Waals surface area contributed by atoms with Gasteiger partial charge in [-0.05, 0) is 25.1 Å². The topological polar surface area (TPSA) is 77.6 Å². The summed E-state index contributed by atoms with van der Waals surface area (Å²) in [4.78, 5) is 12.4. The fourth-order valence-corrected chi connectivity index (χ4v) is 4.23. The number of aryl methyl sites for hydroxylation is 1. The molecule has 1 N–H and O–H groups in total. The first kappa shape index (κ1) is 22.0. The van der Waals surface area contributed by atoms with E-state index in [0.29, 0.717) is 23.2 Å². The first-order chi connectivity index (χ1) is 15.5. The van der Waals surface area contributed by atoms with E-state index in [1.54, 1.807) is 4.68 Å². The highest BCUT2D eigenvalue weighted by Gasteiger charge is 2.20. The number of rotatable bonds is 7. The van der Waals surface area contributed by atoms with E-state index >= 15 is 0 Å². The molecule has 0 aliphatic carbocycles. The lowest BCUT2D eigenvalue weighted by atomic mass is 10.1. The number of halogens is 2. The average Bonchev–Trinajstić information content (AvgIpc) is 3.38. The van der Waals surface area contributed by atoms with Crippen LogP contribution in [0, 0.1) is 5.82 Å². The number of carbonyl (C=O) groups excluding carboxylic acids is 1. The Balaban J connectivity index is 1.53. The van der Waals surface area contributed by atoms with Gasteiger partial charge in [-0.2, -0.15) is 5.10 Å². The maximum absolute atomic E-state index is 13.3. The lowest BCUT2D eigenvalue weighted by Gasteiger charge is -2.08. The largest absolute Gasteiger partial charge is 0.325 e. The van der Waals surface area contributed by atoms with Crippen molar-refractivity contribution in [2.75, 3.05) is 11.1 Å². The summed E-state index contributed by atoms with van der Waals surface area (Å²) in [5.74, 6) is 0.0166. The van der Waals surface area contributed by atoms with Gasteiger partial charge in [0.1, 0.15) is 11.5 Å². The monoisotopic (exact) mass is 470 g/mol. The summed E-state index contributed by atoms with van der Waals surface area (Å²) >= 11 is 7.04. The summed E-state index contributed by atoms with van der Waals surface area (Å²) in [6.45, 7) is 2.62. The maximum atomic E-state index is 13.3. The van der Waals surface area contributed by atoms with Crippen molar-refractivity contribution in [1.29, 1.82) is 0 Å². The number of nitrogens with zero attached hydrogens (tertiary/aromatic N) is 5. The van der Waals surface area contributed by atoms with Crippen molar-refractivity contribution in [1.82, 2.24) is 24.5 Å². The second kappa shape index (κ2) is 9.54. The predicted molar refractivity (Wildman–Crippen MR) is 124 cm³/mol. The molecule has 1 amide bonds. The van der Waals surface area contributed by atoms with E-state index in [1.165, 1.54) is 30.0 Å². The van der Waals surface area contributed by atoms with Crippen molar-refractivity contribution in [2.24, 2.45) is 7.05 Å². The number of carbonyl (C=O) groups is 1. The van der Waals surface area contributed by atoms with E-state index < -0.39 is 5.82 Å². The van der Waals surface area contributed by atoms with Gasteiger partial charge < -0.3 is 9.88 Å². The Morgan fingerprint density at radius 2 is 1.97 bits per heavy atom. The highest BCUT2D eigenvalue weighted by atomic mass is 35.5. The highest BCUT2D eigenvalue weighted by molar-refractivity contribution is 7.99. The molecule has 2 heterocycles. The number of hydrogen-bond acceptors (Lipinski definition) is 5. The molecular weight excluding hydrogens is 451 g/mol. The lowest BCUT2D eigenvalue weighted by molar-refractivity contribution is -0.113. The van der Waals surface area contributed by atoms with Crippen LogP contribution in [0.5, 0.6) is 0 Å². The van der Waals surface area contributed by atoms with Crippen LogP contribution in [0.4, 0.5) is 10.1 Å². The molecule has 164 valence electrons. The molecular formula is C22H20ClFN6OS. The minimum Gasteiger partial charge on any atom is -0.325 e. The summed E-state index contributed by atoms with van der Waals surface area (Å²) in [7, 11) is 1.87. The third-order valence-corrected chi connectivity index (χ3v) is 5.94. The van der Waals surface area contributed by atoms with Gasteiger partial charge in [0.05, 0.1) is 16.3 Å². The lowest BCUT2D eigenvalue weighted by Crippen LogP contribution is -2.14. The first-order valence-electron chi connectivity index (χ1n) is 9.86. The van der Waals surface area contributed by atoms with E-state index in [4.69, 9.17) is 11.6 Å². The Labute approximate surface area is 193 Å². The second-order valence-electron chi connectivity index (χ2n) is 6.95. The van der Waals surface area contributed by atoms with Crippen molar-refractivity contribution in [3.63, 3.8) is 0 Å². The van der Waals surface area contributed by atoms with Crippen LogP contribution in [0.15, 0.2) is 59.9 Å². The Kier molecular flexibility index (Phi) is 6.57. The van der Waals surface area contributed by atoms with Crippen LogP contribution in [0.25, 0.3) is 22.6 Å². The highest BCUT2D eigenvalue weighted by Crippen LogP contribution is 2.32. The molecule has 0 spiro atoms. The number of amides is 1. The van der Waals surface area contributed by atoms with Gasteiger partial charge in [0.15, 0.2) is 11.0 Å². The fourth-order valence-electron chi connectivity index (χ4n) is 3.24. The molecule has 2 aromatic carbocycles. The van der Waals surface area contributed by atoms with Crippen LogP contribution in [0.2, 0.25) is 5.02 Å². The second-order valence-corrected chi connectivity index (χ2v) is 8.30. The van der Waals surface area contributed by atoms with Crippen molar-refractivity contribution in [2.45, 2.75) is 18.6 Å². The minimum absolute atomic E-state index is 0.0449. The normalized spacial score (nSPS) is 11.0. The van der Waals surface area contributed by atoms with Gasteiger partial charge in [0.2, 0.25) is 5.91 Å². The zero-order valence-corrected chi connectivity index (χ0v) is 19.0. The molecule has 0 saturated carbocycles. The number of benzene rings is 2. The van der Waals surface area contributed by atoms with Crippen molar-refractivity contribution in [3.05, 3.63) is 65.6 Å². The molecule has 2 aromatic heterocycles. The summed E-state index contributed by atoms with van der Waals surface area (Å²) < 4.78 is 17.0. The Morgan fingerprint density at radius 1 is 1.19 bits per heavy atom. The Morgan fingerprint density at radius 3 is 2.69 bits per heavy atom. The van der Waals surface area contributed by atoms with Gasteiger partial charge in [-0.25, -0.2) is 4.39 Å². The molecule has 0 aliphatic rings. The van der Waals surface area contributed by atoms with Crippen LogP contribution in [-0.4, -0.2) is 36.2 Å². The first-order valence-corrected chi connectivity index (χ1v) is 11.2. The molecule has 32 heavy (non-hydrogen) atoms. The number of aromatic nitrogens is 5. The van der Waals surface area contributed by atoms with Crippen molar-refractivity contribution in [3.8, 4) is 22.6 Å². The molecule has 0 unspecified atom stereocenters. The third-order valence-electron chi connectivity index (χ3n) is 4.69. The van der Waals surface area contributed by atoms with E-state index in [2.05, 4.69) is 20.6 Å². The van der Waals surface area contributed by atoms with Crippen molar-refractivity contribution >= 4 is 35.0 Å². The van der Waals surface area contributed by atoms with Crippen LogP contribution >= 0.6 is 23.4 Å². The molecule has 4 aromatic rings. The van der Waals surface area contributed by atoms with E-state index in [-0.39, 0.29) is 16.7 Å².